The lowest BCUT2D eigenvalue weighted by molar-refractivity contribution is 0.0987. The number of phenols is 1. The molecule has 0 fully saturated rings. The van der Waals surface area contributed by atoms with E-state index in [9.17, 15) is 9.90 Å². The predicted molar refractivity (Wildman–Crippen MR) is 106 cm³/mol. The highest BCUT2D eigenvalue weighted by atomic mass is 35.5. The molecule has 0 saturated carbocycles. The predicted octanol–water partition coefficient (Wildman–Crippen LogP) is 4.81. The Morgan fingerprint density at radius 2 is 1.81 bits per heavy atom. The maximum absolute atomic E-state index is 12.7. The second-order valence-corrected chi connectivity index (χ2v) is 6.51. The molecule has 0 bridgehead atoms. The number of fused-ring (bicyclic) bond motifs is 1. The summed E-state index contributed by atoms with van der Waals surface area (Å²) in [6.45, 7) is 2.39. The Labute approximate surface area is 159 Å². The van der Waals surface area contributed by atoms with Gasteiger partial charge in [0, 0.05) is 30.3 Å². The van der Waals surface area contributed by atoms with E-state index < -0.39 is 0 Å². The number of carbonyl (C=O) groups excluding carboxylic acids is 1. The third-order valence-electron chi connectivity index (χ3n) is 4.29. The van der Waals surface area contributed by atoms with Crippen LogP contribution in [0.5, 0.6) is 5.75 Å². The fraction of sp³-hybridized carbons (Fsp3) is 0.286. The van der Waals surface area contributed by atoms with Crippen molar-refractivity contribution in [3.8, 4) is 5.75 Å². The molecule has 0 aliphatic heterocycles. The van der Waals surface area contributed by atoms with Gasteiger partial charge in [-0.2, -0.15) is 0 Å². The zero-order valence-corrected chi connectivity index (χ0v) is 16.1. The van der Waals surface area contributed by atoms with Crippen LogP contribution < -0.4 is 0 Å². The highest BCUT2D eigenvalue weighted by Crippen LogP contribution is 2.36. The van der Waals surface area contributed by atoms with E-state index >= 15 is 0 Å². The minimum absolute atomic E-state index is 0. The van der Waals surface area contributed by atoms with Crippen LogP contribution in [0, 0.1) is 0 Å². The van der Waals surface area contributed by atoms with Crippen LogP contribution in [-0.2, 0) is 13.0 Å². The molecule has 0 amide bonds. The Kier molecular flexibility index (Phi) is 6.46. The van der Waals surface area contributed by atoms with Gasteiger partial charge in [0.1, 0.15) is 17.1 Å². The standard InChI is InChI=1S/C21H23NO3.ClH/c1-4-16(23)21-19(12-14-8-6-5-7-9-14)25-18-11-10-17(24)15(20(18)21)13-22(2)3;/h5-11,24H,4,12-13H2,1-3H3;1H. The molecule has 3 aromatic rings. The van der Waals surface area contributed by atoms with Crippen molar-refractivity contribution in [1.29, 1.82) is 0 Å². The molecule has 0 aliphatic rings. The smallest absolute Gasteiger partial charge is 0.166 e. The quantitative estimate of drug-likeness (QED) is 0.630. The summed E-state index contributed by atoms with van der Waals surface area (Å²) >= 11 is 0. The summed E-state index contributed by atoms with van der Waals surface area (Å²) in [7, 11) is 3.87. The number of phenolic OH excluding ortho intramolecular Hbond substituents is 1. The summed E-state index contributed by atoms with van der Waals surface area (Å²) < 4.78 is 6.05. The number of rotatable bonds is 6. The maximum atomic E-state index is 12.7. The van der Waals surface area contributed by atoms with Gasteiger partial charge in [-0.1, -0.05) is 37.3 Å². The van der Waals surface area contributed by atoms with E-state index in [1.165, 1.54) is 0 Å². The Bertz CT molecular complexity index is 901. The van der Waals surface area contributed by atoms with Gasteiger partial charge in [-0.05, 0) is 31.8 Å². The molecule has 2 aromatic carbocycles. The molecule has 0 spiro atoms. The second kappa shape index (κ2) is 8.39. The maximum Gasteiger partial charge on any atom is 0.166 e. The normalized spacial score (nSPS) is 10.9. The van der Waals surface area contributed by atoms with E-state index in [2.05, 4.69) is 0 Å². The molecule has 3 rings (SSSR count). The first kappa shape index (κ1) is 20.0. The molecule has 4 nitrogen and oxygen atoms in total. The highest BCUT2D eigenvalue weighted by Gasteiger charge is 2.24. The number of carbonyl (C=O) groups is 1. The van der Waals surface area contributed by atoms with Crippen LogP contribution in [0.3, 0.4) is 0 Å². The molecule has 1 aromatic heterocycles. The molecule has 1 N–H and O–H groups in total. The van der Waals surface area contributed by atoms with Crippen molar-refractivity contribution in [2.45, 2.75) is 26.3 Å². The van der Waals surface area contributed by atoms with Crippen molar-refractivity contribution in [2.75, 3.05) is 14.1 Å². The van der Waals surface area contributed by atoms with E-state index in [1.807, 2.05) is 56.3 Å². The van der Waals surface area contributed by atoms with Gasteiger partial charge in [0.05, 0.1) is 5.56 Å². The molecule has 1 heterocycles. The fourth-order valence-electron chi connectivity index (χ4n) is 3.15. The first-order valence-electron chi connectivity index (χ1n) is 8.49. The third-order valence-corrected chi connectivity index (χ3v) is 4.29. The topological polar surface area (TPSA) is 53.7 Å². The SMILES string of the molecule is CCC(=O)c1c(Cc2ccccc2)oc2ccc(O)c(CN(C)C)c12.Cl. The first-order valence-corrected chi connectivity index (χ1v) is 8.49. The van der Waals surface area contributed by atoms with Crippen LogP contribution in [0.2, 0.25) is 0 Å². The molecule has 0 unspecified atom stereocenters. The Morgan fingerprint density at radius 3 is 2.42 bits per heavy atom. The van der Waals surface area contributed by atoms with Crippen LogP contribution in [0.25, 0.3) is 11.0 Å². The highest BCUT2D eigenvalue weighted by molar-refractivity contribution is 6.10. The molecule has 0 aliphatic carbocycles. The number of benzene rings is 2. The lowest BCUT2D eigenvalue weighted by Gasteiger charge is -2.13. The largest absolute Gasteiger partial charge is 0.508 e. The number of Topliss-reactive ketones (excluding diaryl/α,β-unsaturated/α-hetero) is 1. The summed E-state index contributed by atoms with van der Waals surface area (Å²) in [4.78, 5) is 14.7. The summed E-state index contributed by atoms with van der Waals surface area (Å²) in [6.07, 6.45) is 0.951. The zero-order chi connectivity index (χ0) is 18.0. The Balaban J connectivity index is 0.00000243. The van der Waals surface area contributed by atoms with Gasteiger partial charge >= 0.3 is 0 Å². The van der Waals surface area contributed by atoms with Crippen molar-refractivity contribution in [1.82, 2.24) is 4.90 Å². The number of ketones is 1. The minimum atomic E-state index is 0. The minimum Gasteiger partial charge on any atom is -0.508 e. The molecule has 26 heavy (non-hydrogen) atoms. The summed E-state index contributed by atoms with van der Waals surface area (Å²) in [5.41, 5.74) is 3.08. The van der Waals surface area contributed by atoms with Gasteiger partial charge in [-0.15, -0.1) is 12.4 Å². The fourth-order valence-corrected chi connectivity index (χ4v) is 3.15. The van der Waals surface area contributed by atoms with E-state index in [-0.39, 0.29) is 23.9 Å². The van der Waals surface area contributed by atoms with Crippen molar-refractivity contribution in [3.05, 3.63) is 64.9 Å². The van der Waals surface area contributed by atoms with Gasteiger partial charge in [0.25, 0.3) is 0 Å². The van der Waals surface area contributed by atoms with E-state index in [1.54, 1.807) is 12.1 Å². The summed E-state index contributed by atoms with van der Waals surface area (Å²) in [6, 6.07) is 13.3. The van der Waals surface area contributed by atoms with Crippen LogP contribution in [-0.4, -0.2) is 29.9 Å². The zero-order valence-electron chi connectivity index (χ0n) is 15.3. The lowest BCUT2D eigenvalue weighted by Crippen LogP contribution is -2.12. The van der Waals surface area contributed by atoms with Crippen LogP contribution in [0.1, 0.15) is 40.6 Å². The number of hydrogen-bond acceptors (Lipinski definition) is 4. The number of aromatic hydroxyl groups is 1. The van der Waals surface area contributed by atoms with Crippen LogP contribution in [0.4, 0.5) is 0 Å². The van der Waals surface area contributed by atoms with Crippen LogP contribution >= 0.6 is 12.4 Å². The van der Waals surface area contributed by atoms with Gasteiger partial charge in [0.15, 0.2) is 5.78 Å². The van der Waals surface area contributed by atoms with Crippen molar-refractivity contribution in [2.24, 2.45) is 0 Å². The number of furan rings is 1. The Hall–Kier alpha value is -2.30. The van der Waals surface area contributed by atoms with Crippen molar-refractivity contribution in [3.63, 3.8) is 0 Å². The lowest BCUT2D eigenvalue weighted by atomic mass is 9.97. The average molecular weight is 374 g/mol. The number of hydrogen-bond donors (Lipinski definition) is 1. The molecule has 0 saturated heterocycles. The van der Waals surface area contributed by atoms with E-state index in [0.29, 0.717) is 36.3 Å². The van der Waals surface area contributed by atoms with E-state index in [0.717, 1.165) is 16.5 Å². The molecular weight excluding hydrogens is 350 g/mol. The Morgan fingerprint density at radius 1 is 1.12 bits per heavy atom. The number of halogens is 1. The van der Waals surface area contributed by atoms with Gasteiger partial charge in [-0.3, -0.25) is 4.79 Å². The molecule has 138 valence electrons. The molecule has 5 heteroatoms. The molecule has 0 radical (unpaired) electrons. The van der Waals surface area contributed by atoms with Crippen molar-refractivity contribution >= 4 is 29.2 Å². The van der Waals surface area contributed by atoms with Gasteiger partial charge < -0.3 is 14.4 Å². The van der Waals surface area contributed by atoms with Crippen molar-refractivity contribution < 1.29 is 14.3 Å². The summed E-state index contributed by atoms with van der Waals surface area (Å²) in [5, 5.41) is 11.1. The third kappa shape index (κ3) is 3.92. The number of nitrogens with zero attached hydrogens (tertiary/aromatic N) is 1. The van der Waals surface area contributed by atoms with E-state index in [4.69, 9.17) is 4.42 Å². The molecule has 0 atom stereocenters. The average Bonchev–Trinajstić information content (AvgIpc) is 2.95. The van der Waals surface area contributed by atoms with Crippen LogP contribution in [0.15, 0.2) is 46.9 Å². The molecular formula is C21H24ClNO3. The second-order valence-electron chi connectivity index (χ2n) is 6.51. The monoisotopic (exact) mass is 373 g/mol. The van der Waals surface area contributed by atoms with Gasteiger partial charge in [-0.25, -0.2) is 0 Å². The first-order chi connectivity index (χ1) is 12.0. The summed E-state index contributed by atoms with van der Waals surface area (Å²) in [5.74, 6) is 0.896. The van der Waals surface area contributed by atoms with Gasteiger partial charge in [0.2, 0.25) is 0 Å².